The average molecular weight is 721 g/mol. The Morgan fingerprint density at radius 1 is 1.11 bits per heavy atom. The van der Waals surface area contributed by atoms with Gasteiger partial charge in [-0.15, -0.1) is 5.10 Å². The van der Waals surface area contributed by atoms with Crippen molar-refractivity contribution in [1.82, 2.24) is 19.7 Å². The summed E-state index contributed by atoms with van der Waals surface area (Å²) in [6.07, 6.45) is -2.83. The van der Waals surface area contributed by atoms with Gasteiger partial charge in [-0.25, -0.2) is 18.8 Å². The molecule has 252 valence electrons. The molecule has 0 amide bonds. The number of rotatable bonds is 12. The van der Waals surface area contributed by atoms with Gasteiger partial charge in [-0.1, -0.05) is 18.2 Å². The van der Waals surface area contributed by atoms with Gasteiger partial charge in [-0.2, -0.15) is 18.4 Å². The van der Waals surface area contributed by atoms with E-state index in [-0.39, 0.29) is 52.2 Å². The van der Waals surface area contributed by atoms with Crippen molar-refractivity contribution in [3.63, 3.8) is 0 Å². The van der Waals surface area contributed by atoms with Gasteiger partial charge in [0, 0.05) is 11.4 Å². The van der Waals surface area contributed by atoms with Gasteiger partial charge in [0.2, 0.25) is 5.95 Å². The van der Waals surface area contributed by atoms with Crippen molar-refractivity contribution in [1.29, 1.82) is 5.26 Å². The van der Waals surface area contributed by atoms with Crippen LogP contribution in [0.2, 0.25) is 0 Å². The third-order valence-electron chi connectivity index (χ3n) is 7.58. The standard InChI is InChI=1S/C32H37F3N7O4.BrH/c1-21-27(29(44)46-5)28(23-13-11-22(18-36)12-14-23)41-30(40(21)25-10-8-9-24(17-25)32(33,34)35)38-39(31(41)45)20-26(43)19-37-15-6-7-16-42(2,3)4;/h8-14,17,28,37H,6-7,15-16,19-20H2,1-5H3;1H/q+1;/p-1. The molecule has 0 bridgehead atoms. The number of aromatic nitrogens is 3. The Hall–Kier alpha value is -4.26. The largest absolute Gasteiger partial charge is 1.00 e. The van der Waals surface area contributed by atoms with Gasteiger partial charge in [0.15, 0.2) is 5.78 Å². The topological polar surface area (TPSA) is 122 Å². The van der Waals surface area contributed by atoms with Gasteiger partial charge in [-0.3, -0.25) is 9.69 Å². The minimum absolute atomic E-state index is 0. The number of ketones is 1. The summed E-state index contributed by atoms with van der Waals surface area (Å²) in [6.45, 7) is 2.68. The molecule has 0 fully saturated rings. The van der Waals surface area contributed by atoms with E-state index >= 15 is 0 Å². The molecule has 1 aromatic heterocycles. The number of nitriles is 1. The quantitative estimate of drug-likeness (QED) is 0.166. The van der Waals surface area contributed by atoms with Gasteiger partial charge < -0.3 is 31.5 Å². The molecule has 1 N–H and O–H groups in total. The fourth-order valence-electron chi connectivity index (χ4n) is 5.33. The number of unbranched alkanes of at least 4 members (excludes halogenated alkanes) is 1. The predicted octanol–water partition coefficient (Wildman–Crippen LogP) is 0.772. The van der Waals surface area contributed by atoms with Crippen molar-refractivity contribution in [3.05, 3.63) is 87.0 Å². The van der Waals surface area contributed by atoms with Crippen LogP contribution < -0.4 is 32.9 Å². The average Bonchev–Trinajstić information content (AvgIpc) is 3.31. The normalized spacial score (nSPS) is 14.7. The Balaban J connectivity index is 0.00000600. The number of halogens is 4. The van der Waals surface area contributed by atoms with Crippen molar-refractivity contribution in [3.8, 4) is 6.07 Å². The minimum Gasteiger partial charge on any atom is -1.00 e. The maximum absolute atomic E-state index is 14.0. The van der Waals surface area contributed by atoms with Crippen LogP contribution in [0.4, 0.5) is 24.8 Å². The zero-order valence-corrected chi connectivity index (χ0v) is 28.4. The Morgan fingerprint density at radius 2 is 1.79 bits per heavy atom. The molecule has 15 heteroatoms. The minimum atomic E-state index is -4.66. The predicted molar refractivity (Wildman–Crippen MR) is 164 cm³/mol. The van der Waals surface area contributed by atoms with Crippen LogP contribution in [0.3, 0.4) is 0 Å². The first-order chi connectivity index (χ1) is 21.7. The van der Waals surface area contributed by atoms with E-state index < -0.39 is 36.0 Å². The highest BCUT2D eigenvalue weighted by molar-refractivity contribution is 5.93. The van der Waals surface area contributed by atoms with Crippen LogP contribution in [0.25, 0.3) is 0 Å². The molecule has 0 spiro atoms. The second-order valence-corrected chi connectivity index (χ2v) is 12.1. The maximum atomic E-state index is 14.0. The number of nitrogens with zero attached hydrogens (tertiary/aromatic N) is 6. The van der Waals surface area contributed by atoms with E-state index in [9.17, 15) is 32.8 Å². The third-order valence-corrected chi connectivity index (χ3v) is 7.58. The molecule has 11 nitrogen and oxygen atoms in total. The van der Waals surface area contributed by atoms with Crippen LogP contribution in [-0.4, -0.2) is 78.5 Å². The molecule has 0 radical (unpaired) electrons. The zero-order valence-electron chi connectivity index (χ0n) is 26.8. The lowest BCUT2D eigenvalue weighted by molar-refractivity contribution is -0.870. The highest BCUT2D eigenvalue weighted by atomic mass is 79.9. The highest BCUT2D eigenvalue weighted by Gasteiger charge is 2.41. The Morgan fingerprint density at radius 3 is 2.38 bits per heavy atom. The van der Waals surface area contributed by atoms with Crippen LogP contribution in [0.5, 0.6) is 0 Å². The number of Topliss-reactive ketones (excluding diaryl/α,β-unsaturated/α-hetero) is 1. The maximum Gasteiger partial charge on any atom is 0.416 e. The van der Waals surface area contributed by atoms with Crippen molar-refractivity contribution in [2.45, 2.75) is 38.5 Å². The van der Waals surface area contributed by atoms with E-state index in [4.69, 9.17) is 4.74 Å². The van der Waals surface area contributed by atoms with E-state index in [2.05, 4.69) is 31.6 Å². The van der Waals surface area contributed by atoms with Gasteiger partial charge in [0.05, 0.1) is 64.1 Å². The van der Waals surface area contributed by atoms with Crippen LogP contribution >= 0.6 is 0 Å². The van der Waals surface area contributed by atoms with Crippen molar-refractivity contribution in [2.24, 2.45) is 0 Å². The Bertz CT molecular complexity index is 1740. The molecule has 0 saturated heterocycles. The molecule has 1 aliphatic heterocycles. The molecule has 0 saturated carbocycles. The summed E-state index contributed by atoms with van der Waals surface area (Å²) in [5, 5.41) is 16.8. The number of hydrogen-bond donors (Lipinski definition) is 1. The monoisotopic (exact) mass is 719 g/mol. The van der Waals surface area contributed by atoms with Crippen molar-refractivity contribution < 1.29 is 49.0 Å². The highest BCUT2D eigenvalue weighted by Crippen LogP contribution is 2.43. The number of nitrogens with one attached hydrogen (secondary N) is 1. The first-order valence-electron chi connectivity index (χ1n) is 14.6. The number of quaternary nitrogens is 1. The Kier molecular flexibility index (Phi) is 11.9. The smallest absolute Gasteiger partial charge is 0.416 e. The lowest BCUT2D eigenvalue weighted by atomic mass is 9.93. The molecule has 1 unspecified atom stereocenters. The molecule has 2 aromatic carbocycles. The summed E-state index contributed by atoms with van der Waals surface area (Å²) in [7, 11) is 7.46. The second-order valence-electron chi connectivity index (χ2n) is 12.1. The van der Waals surface area contributed by atoms with Gasteiger partial charge in [-0.05, 0) is 62.2 Å². The number of alkyl halides is 3. The summed E-state index contributed by atoms with van der Waals surface area (Å²) in [5.41, 5.74) is -0.800. The van der Waals surface area contributed by atoms with Crippen LogP contribution in [-0.2, 0) is 27.0 Å². The lowest BCUT2D eigenvalue weighted by Gasteiger charge is -2.35. The summed E-state index contributed by atoms with van der Waals surface area (Å²) in [4.78, 5) is 41.5. The molecular weight excluding hydrogens is 683 g/mol. The number of ether oxygens (including phenoxy) is 1. The molecule has 3 aromatic rings. The SMILES string of the molecule is COC(=O)C1=C(C)N(c2cccc(C(F)(F)F)c2)c2nn(CC(=O)CNCCCC[N+](C)(C)C)c(=O)n2C1c1ccc(C#N)cc1.[Br-]. The van der Waals surface area contributed by atoms with Crippen LogP contribution in [0.15, 0.2) is 64.6 Å². The number of allylic oxidation sites excluding steroid dienone is 1. The van der Waals surface area contributed by atoms with E-state index in [0.29, 0.717) is 17.7 Å². The van der Waals surface area contributed by atoms with E-state index in [1.54, 1.807) is 12.1 Å². The first kappa shape index (κ1) is 37.2. The molecular formula is C32H37BrF3N7O4. The summed E-state index contributed by atoms with van der Waals surface area (Å²) in [5.74, 6) is -1.24. The first-order valence-corrected chi connectivity index (χ1v) is 14.6. The summed E-state index contributed by atoms with van der Waals surface area (Å²) < 4.78 is 49.2. The fourth-order valence-corrected chi connectivity index (χ4v) is 5.33. The van der Waals surface area contributed by atoms with Crippen LogP contribution in [0, 0.1) is 11.3 Å². The van der Waals surface area contributed by atoms with Crippen molar-refractivity contribution in [2.75, 3.05) is 52.8 Å². The summed E-state index contributed by atoms with van der Waals surface area (Å²) in [6, 6.07) is 11.5. The fraction of sp³-hybridized carbons (Fsp3) is 0.406. The number of esters is 1. The zero-order chi connectivity index (χ0) is 33.8. The van der Waals surface area contributed by atoms with Gasteiger partial charge in [0.25, 0.3) is 0 Å². The number of carbonyl (C=O) groups excluding carboxylic acids is 2. The molecule has 0 aliphatic carbocycles. The number of fused-ring (bicyclic) bond motifs is 1. The molecule has 1 atom stereocenters. The van der Waals surface area contributed by atoms with E-state index in [1.165, 1.54) is 36.1 Å². The van der Waals surface area contributed by atoms with E-state index in [1.807, 2.05) is 6.07 Å². The molecule has 1 aliphatic rings. The van der Waals surface area contributed by atoms with E-state index in [0.717, 1.165) is 52.4 Å². The molecule has 4 rings (SSSR count). The lowest BCUT2D eigenvalue weighted by Crippen LogP contribution is -3.00. The number of hydrogen-bond acceptors (Lipinski definition) is 8. The molecule has 47 heavy (non-hydrogen) atoms. The van der Waals surface area contributed by atoms with Crippen molar-refractivity contribution >= 4 is 23.4 Å². The third kappa shape index (κ3) is 8.56. The Labute approximate surface area is 281 Å². The van der Waals surface area contributed by atoms with Crippen LogP contribution in [0.1, 0.15) is 42.5 Å². The number of benzene rings is 2. The summed E-state index contributed by atoms with van der Waals surface area (Å²) >= 11 is 0. The molecule has 2 heterocycles. The van der Waals surface area contributed by atoms with Gasteiger partial charge >= 0.3 is 17.8 Å². The number of methoxy groups -OCH3 is 1. The second kappa shape index (κ2) is 15.1. The van der Waals surface area contributed by atoms with Gasteiger partial charge in [0.1, 0.15) is 12.6 Å². The number of carbonyl (C=O) groups is 2. The number of anilines is 2.